The van der Waals surface area contributed by atoms with Crippen molar-refractivity contribution in [2.75, 3.05) is 0 Å². The summed E-state index contributed by atoms with van der Waals surface area (Å²) in [5.74, 6) is 4.94. The number of aliphatic hydroxyl groups is 1. The molecule has 31 heavy (non-hydrogen) atoms. The van der Waals surface area contributed by atoms with Crippen molar-refractivity contribution in [3.63, 3.8) is 0 Å². The van der Waals surface area contributed by atoms with E-state index in [-0.39, 0.29) is 24.4 Å². The molecule has 2 atom stereocenters. The first kappa shape index (κ1) is 23.0. The lowest BCUT2D eigenvalue weighted by molar-refractivity contribution is -0.274. The Balaban J connectivity index is 1.63. The Morgan fingerprint density at radius 3 is 2.77 bits per heavy atom. The zero-order valence-corrected chi connectivity index (χ0v) is 17.3. The van der Waals surface area contributed by atoms with Crippen molar-refractivity contribution in [1.29, 1.82) is 0 Å². The lowest BCUT2D eigenvalue weighted by Gasteiger charge is -2.33. The molecule has 4 nitrogen and oxygen atoms in total. The topological polar surface area (TPSA) is 58.6 Å². The number of ether oxygens (including phenoxy) is 1. The van der Waals surface area contributed by atoms with Gasteiger partial charge in [-0.05, 0) is 43.5 Å². The third-order valence-corrected chi connectivity index (χ3v) is 5.14. The van der Waals surface area contributed by atoms with Crippen LogP contribution in [0.1, 0.15) is 36.8 Å². The quantitative estimate of drug-likeness (QED) is 0.667. The van der Waals surface area contributed by atoms with Crippen LogP contribution in [0.2, 0.25) is 5.02 Å². The number of carbonyl (C=O) groups is 1. The average Bonchev–Trinajstić information content (AvgIpc) is 2.67. The van der Waals surface area contributed by atoms with E-state index in [1.54, 1.807) is 24.3 Å². The van der Waals surface area contributed by atoms with Gasteiger partial charge in [0.25, 0.3) is 0 Å². The number of rotatable bonds is 4. The van der Waals surface area contributed by atoms with Crippen LogP contribution in [0, 0.1) is 11.8 Å². The van der Waals surface area contributed by atoms with Crippen molar-refractivity contribution in [3.8, 4) is 17.6 Å². The molecule has 2 aromatic carbocycles. The zero-order chi connectivity index (χ0) is 22.5. The van der Waals surface area contributed by atoms with Gasteiger partial charge in [0.2, 0.25) is 5.91 Å². The Kier molecular flexibility index (Phi) is 7.14. The molecule has 0 radical (unpaired) electrons. The smallest absolute Gasteiger partial charge is 0.405 e. The Morgan fingerprint density at radius 2 is 2.03 bits per heavy atom. The van der Waals surface area contributed by atoms with Crippen molar-refractivity contribution in [2.45, 2.75) is 50.1 Å². The van der Waals surface area contributed by atoms with E-state index in [4.69, 9.17) is 11.6 Å². The molecule has 0 unspecified atom stereocenters. The Hall–Kier alpha value is -2.69. The molecule has 1 aliphatic carbocycles. The molecule has 0 saturated heterocycles. The summed E-state index contributed by atoms with van der Waals surface area (Å²) in [7, 11) is 0. The third-order valence-electron chi connectivity index (χ3n) is 4.91. The minimum absolute atomic E-state index is 0.129. The normalized spacial score (nSPS) is 21.0. The lowest BCUT2D eigenvalue weighted by Crippen LogP contribution is -2.45. The van der Waals surface area contributed by atoms with Gasteiger partial charge in [-0.3, -0.25) is 4.79 Å². The second kappa shape index (κ2) is 9.63. The molecular formula is C23H21ClF3NO3. The van der Waals surface area contributed by atoms with E-state index < -0.39 is 23.6 Å². The maximum Gasteiger partial charge on any atom is 0.573 e. The first-order valence-corrected chi connectivity index (χ1v) is 10.1. The van der Waals surface area contributed by atoms with Crippen LogP contribution >= 0.6 is 11.6 Å². The summed E-state index contributed by atoms with van der Waals surface area (Å²) < 4.78 is 41.7. The van der Waals surface area contributed by atoms with Crippen molar-refractivity contribution >= 4 is 17.5 Å². The summed E-state index contributed by atoms with van der Waals surface area (Å²) in [6.07, 6.45) is -3.11. The van der Waals surface area contributed by atoms with E-state index in [0.29, 0.717) is 29.8 Å². The highest BCUT2D eigenvalue weighted by Crippen LogP contribution is 2.29. The zero-order valence-electron chi connectivity index (χ0n) is 16.5. The highest BCUT2D eigenvalue weighted by molar-refractivity contribution is 6.30. The number of hydrogen-bond acceptors (Lipinski definition) is 3. The van der Waals surface area contributed by atoms with Crippen LogP contribution in [-0.4, -0.2) is 29.0 Å². The number of alkyl halides is 3. The van der Waals surface area contributed by atoms with Gasteiger partial charge in [0.1, 0.15) is 11.4 Å². The Bertz CT molecular complexity index is 999. The maximum atomic E-state index is 12.6. The molecule has 0 bridgehead atoms. The van der Waals surface area contributed by atoms with Gasteiger partial charge < -0.3 is 15.2 Å². The van der Waals surface area contributed by atoms with E-state index >= 15 is 0 Å². The summed E-state index contributed by atoms with van der Waals surface area (Å²) in [5.41, 5.74) is -0.465. The van der Waals surface area contributed by atoms with E-state index in [0.717, 1.165) is 0 Å². The van der Waals surface area contributed by atoms with Gasteiger partial charge in [-0.25, -0.2) is 0 Å². The number of nitrogens with one attached hydrogen (secondary N) is 1. The van der Waals surface area contributed by atoms with Gasteiger partial charge in [-0.1, -0.05) is 47.7 Å². The van der Waals surface area contributed by atoms with Crippen molar-refractivity contribution < 1.29 is 27.8 Å². The molecule has 1 aliphatic rings. The van der Waals surface area contributed by atoms with Gasteiger partial charge in [-0.15, -0.1) is 13.2 Å². The molecule has 0 aromatic heterocycles. The number of amides is 1. The van der Waals surface area contributed by atoms with Crippen LogP contribution in [0.15, 0.2) is 48.5 Å². The lowest BCUT2D eigenvalue weighted by atomic mass is 9.82. The number of benzene rings is 2. The molecule has 1 fully saturated rings. The highest BCUT2D eigenvalue weighted by atomic mass is 35.5. The number of carbonyl (C=O) groups excluding carboxylic acids is 1. The fraction of sp³-hybridized carbons (Fsp3) is 0.348. The minimum atomic E-state index is -4.84. The summed E-state index contributed by atoms with van der Waals surface area (Å²) in [4.78, 5) is 12.4. The average molecular weight is 452 g/mol. The summed E-state index contributed by atoms with van der Waals surface area (Å²) in [6.45, 7) is 0. The molecule has 2 aromatic rings. The summed E-state index contributed by atoms with van der Waals surface area (Å²) >= 11 is 5.95. The molecule has 0 spiro atoms. The number of hydrogen-bond donors (Lipinski definition) is 2. The molecule has 0 aliphatic heterocycles. The predicted octanol–water partition coefficient (Wildman–Crippen LogP) is 4.62. The number of para-hydroxylation sites is 1. The minimum Gasteiger partial charge on any atom is -0.405 e. The predicted molar refractivity (Wildman–Crippen MR) is 111 cm³/mol. The van der Waals surface area contributed by atoms with Crippen LogP contribution in [-0.2, 0) is 11.2 Å². The molecular weight excluding hydrogens is 431 g/mol. The second-order valence-electron chi connectivity index (χ2n) is 7.49. The van der Waals surface area contributed by atoms with E-state index in [1.807, 2.05) is 0 Å². The largest absolute Gasteiger partial charge is 0.573 e. The Morgan fingerprint density at radius 1 is 1.26 bits per heavy atom. The molecule has 1 saturated carbocycles. The molecule has 2 N–H and O–H groups in total. The van der Waals surface area contributed by atoms with Gasteiger partial charge in [0, 0.05) is 28.6 Å². The second-order valence-corrected chi connectivity index (χ2v) is 7.92. The maximum absolute atomic E-state index is 12.6. The van der Waals surface area contributed by atoms with Crippen molar-refractivity contribution in [3.05, 3.63) is 64.7 Å². The third kappa shape index (κ3) is 7.20. The fourth-order valence-corrected chi connectivity index (χ4v) is 3.76. The molecule has 8 heteroatoms. The van der Waals surface area contributed by atoms with Crippen LogP contribution in [0.25, 0.3) is 0 Å². The monoisotopic (exact) mass is 451 g/mol. The fourth-order valence-electron chi connectivity index (χ4n) is 3.57. The van der Waals surface area contributed by atoms with E-state index in [1.165, 1.54) is 24.3 Å². The van der Waals surface area contributed by atoms with Gasteiger partial charge >= 0.3 is 6.36 Å². The van der Waals surface area contributed by atoms with Gasteiger partial charge in [0.15, 0.2) is 0 Å². The first-order valence-electron chi connectivity index (χ1n) is 9.76. The van der Waals surface area contributed by atoms with Crippen molar-refractivity contribution in [2.24, 2.45) is 0 Å². The van der Waals surface area contributed by atoms with E-state index in [2.05, 4.69) is 21.9 Å². The van der Waals surface area contributed by atoms with Crippen LogP contribution < -0.4 is 10.1 Å². The van der Waals surface area contributed by atoms with Crippen LogP contribution in [0.4, 0.5) is 13.2 Å². The van der Waals surface area contributed by atoms with Crippen molar-refractivity contribution in [1.82, 2.24) is 5.32 Å². The summed E-state index contributed by atoms with van der Waals surface area (Å²) in [5, 5.41) is 14.2. The summed E-state index contributed by atoms with van der Waals surface area (Å²) in [6, 6.07) is 12.2. The van der Waals surface area contributed by atoms with Gasteiger partial charge in [-0.2, -0.15) is 0 Å². The van der Waals surface area contributed by atoms with Crippen LogP contribution in [0.3, 0.4) is 0 Å². The Labute approximate surface area is 183 Å². The SMILES string of the molecule is O=C(Cc1ccccc1OC(F)(F)F)N[C@H]1CCC[C@@](O)(C#Cc2cccc(Cl)c2)C1. The molecule has 0 heterocycles. The highest BCUT2D eigenvalue weighted by Gasteiger charge is 2.34. The van der Waals surface area contributed by atoms with Crippen LogP contribution in [0.5, 0.6) is 5.75 Å². The number of halogens is 4. The van der Waals surface area contributed by atoms with E-state index in [9.17, 15) is 23.1 Å². The molecule has 3 rings (SSSR count). The standard InChI is InChI=1S/C23H21ClF3NO3/c24-18-7-3-5-16(13-18)10-12-22(30)11-4-8-19(15-22)28-21(29)14-17-6-1-2-9-20(17)31-23(25,26)27/h1-3,5-7,9,13,19,30H,4,8,11,14-15H2,(H,28,29)/t19-,22+/m0/s1. The van der Waals surface area contributed by atoms with Gasteiger partial charge in [0.05, 0.1) is 6.42 Å². The first-order chi connectivity index (χ1) is 14.6. The molecule has 1 amide bonds. The molecule has 164 valence electrons.